The first kappa shape index (κ1) is 23.7. The zero-order valence-electron chi connectivity index (χ0n) is 19.6. The SMILES string of the molecule is CCOC(=O)[C@H](F)C(CN1CCN(c2ccccc2)CC1)N1CCC(c2ccccc2)CC1. The van der Waals surface area contributed by atoms with Crippen LogP contribution in [0.5, 0.6) is 0 Å². The molecule has 2 heterocycles. The topological polar surface area (TPSA) is 36.0 Å². The van der Waals surface area contributed by atoms with Gasteiger partial charge in [-0.2, -0.15) is 0 Å². The van der Waals surface area contributed by atoms with Crippen LogP contribution in [0.1, 0.15) is 31.2 Å². The molecule has 2 fully saturated rings. The maximum absolute atomic E-state index is 15.4. The first-order valence-electron chi connectivity index (χ1n) is 12.3. The van der Waals surface area contributed by atoms with Crippen LogP contribution in [0.4, 0.5) is 10.1 Å². The summed E-state index contributed by atoms with van der Waals surface area (Å²) in [6, 6.07) is 20.5. The summed E-state index contributed by atoms with van der Waals surface area (Å²) in [5, 5.41) is 0. The largest absolute Gasteiger partial charge is 0.464 e. The highest BCUT2D eigenvalue weighted by Crippen LogP contribution is 2.30. The first-order chi connectivity index (χ1) is 16.2. The predicted octanol–water partition coefficient (Wildman–Crippen LogP) is 3.96. The third-order valence-electron chi connectivity index (χ3n) is 7.06. The zero-order valence-corrected chi connectivity index (χ0v) is 19.6. The molecule has 0 N–H and O–H groups in total. The maximum Gasteiger partial charge on any atom is 0.342 e. The summed E-state index contributed by atoms with van der Waals surface area (Å²) in [7, 11) is 0. The van der Waals surface area contributed by atoms with Gasteiger partial charge in [-0.15, -0.1) is 0 Å². The summed E-state index contributed by atoms with van der Waals surface area (Å²) in [6.07, 6.45) is 0.348. The number of alkyl halides is 1. The number of likely N-dealkylation sites (tertiary alicyclic amines) is 1. The number of piperazine rings is 1. The quantitative estimate of drug-likeness (QED) is 0.566. The van der Waals surface area contributed by atoms with Crippen LogP contribution in [0, 0.1) is 0 Å². The molecular formula is C27H36FN3O2. The van der Waals surface area contributed by atoms with Gasteiger partial charge in [0.1, 0.15) is 0 Å². The Kier molecular flexibility index (Phi) is 8.35. The molecule has 2 aromatic rings. The third kappa shape index (κ3) is 6.12. The Morgan fingerprint density at radius 3 is 2.15 bits per heavy atom. The number of nitrogens with zero attached hydrogens (tertiary/aromatic N) is 3. The van der Waals surface area contributed by atoms with E-state index in [4.69, 9.17) is 4.74 Å². The molecule has 0 aliphatic carbocycles. The van der Waals surface area contributed by atoms with Crippen LogP contribution in [0.2, 0.25) is 0 Å². The van der Waals surface area contributed by atoms with Gasteiger partial charge in [-0.05, 0) is 56.5 Å². The molecule has 5 nitrogen and oxygen atoms in total. The summed E-state index contributed by atoms with van der Waals surface area (Å²) in [5.41, 5.74) is 2.58. The van der Waals surface area contributed by atoms with Crippen LogP contribution >= 0.6 is 0 Å². The van der Waals surface area contributed by atoms with Crippen molar-refractivity contribution in [2.45, 2.75) is 37.9 Å². The van der Waals surface area contributed by atoms with Crippen LogP contribution in [0.15, 0.2) is 60.7 Å². The molecule has 1 unspecified atom stereocenters. The molecule has 2 atom stereocenters. The lowest BCUT2D eigenvalue weighted by molar-refractivity contribution is -0.152. The second-order valence-electron chi connectivity index (χ2n) is 9.07. The van der Waals surface area contributed by atoms with Crippen molar-refractivity contribution in [2.75, 3.05) is 57.3 Å². The van der Waals surface area contributed by atoms with E-state index in [0.717, 1.165) is 52.1 Å². The second-order valence-corrected chi connectivity index (χ2v) is 9.07. The van der Waals surface area contributed by atoms with E-state index in [-0.39, 0.29) is 6.61 Å². The van der Waals surface area contributed by atoms with E-state index in [1.165, 1.54) is 11.3 Å². The summed E-state index contributed by atoms with van der Waals surface area (Å²) >= 11 is 0. The molecule has 2 aromatic carbocycles. The average molecular weight is 454 g/mol. The molecule has 33 heavy (non-hydrogen) atoms. The van der Waals surface area contributed by atoms with Crippen molar-refractivity contribution >= 4 is 11.7 Å². The van der Waals surface area contributed by atoms with E-state index in [2.05, 4.69) is 63.2 Å². The molecule has 4 rings (SSSR count). The van der Waals surface area contributed by atoms with Crippen molar-refractivity contribution in [3.05, 3.63) is 66.2 Å². The Balaban J connectivity index is 1.38. The van der Waals surface area contributed by atoms with Gasteiger partial charge >= 0.3 is 5.97 Å². The number of anilines is 1. The van der Waals surface area contributed by atoms with Gasteiger partial charge in [0, 0.05) is 38.4 Å². The fraction of sp³-hybridized carbons (Fsp3) is 0.519. The van der Waals surface area contributed by atoms with Crippen molar-refractivity contribution in [1.82, 2.24) is 9.80 Å². The highest BCUT2D eigenvalue weighted by Gasteiger charge is 2.37. The van der Waals surface area contributed by atoms with Gasteiger partial charge in [0.15, 0.2) is 0 Å². The van der Waals surface area contributed by atoms with E-state index in [9.17, 15) is 4.79 Å². The Morgan fingerprint density at radius 1 is 0.939 bits per heavy atom. The van der Waals surface area contributed by atoms with Gasteiger partial charge in [0.05, 0.1) is 12.6 Å². The molecule has 2 aliphatic rings. The number of esters is 1. The molecular weight excluding hydrogens is 417 g/mol. The minimum atomic E-state index is -1.62. The minimum absolute atomic E-state index is 0.206. The Morgan fingerprint density at radius 2 is 1.55 bits per heavy atom. The minimum Gasteiger partial charge on any atom is -0.464 e. The number of benzene rings is 2. The third-order valence-corrected chi connectivity index (χ3v) is 7.06. The number of hydrogen-bond acceptors (Lipinski definition) is 5. The highest BCUT2D eigenvalue weighted by molar-refractivity contribution is 5.75. The second kappa shape index (κ2) is 11.6. The lowest BCUT2D eigenvalue weighted by atomic mass is 9.88. The Labute approximate surface area is 197 Å². The van der Waals surface area contributed by atoms with Crippen molar-refractivity contribution in [3.63, 3.8) is 0 Å². The molecule has 0 saturated carbocycles. The summed E-state index contributed by atoms with van der Waals surface area (Å²) in [5.74, 6) is -0.228. The smallest absolute Gasteiger partial charge is 0.342 e. The number of carbonyl (C=O) groups excluding carboxylic acids is 1. The fourth-order valence-electron chi connectivity index (χ4n) is 5.15. The number of piperidine rings is 1. The molecule has 0 spiro atoms. The van der Waals surface area contributed by atoms with Crippen LogP contribution < -0.4 is 4.90 Å². The molecule has 0 bridgehead atoms. The number of rotatable bonds is 8. The fourth-order valence-corrected chi connectivity index (χ4v) is 5.15. The van der Waals surface area contributed by atoms with E-state index in [1.54, 1.807) is 6.92 Å². The standard InChI is InChI=1S/C27H36FN3O2/c1-2-33-27(32)26(28)25(31-15-13-23(14-16-31)22-9-5-3-6-10-22)21-29-17-19-30(20-18-29)24-11-7-4-8-12-24/h3-12,23,25-26H,2,13-21H2,1H3/t25?,26-/m1/s1. The monoisotopic (exact) mass is 453 g/mol. The molecule has 0 radical (unpaired) electrons. The van der Waals surface area contributed by atoms with Gasteiger partial charge in [0.2, 0.25) is 6.17 Å². The molecule has 2 aliphatic heterocycles. The van der Waals surface area contributed by atoms with E-state index < -0.39 is 18.2 Å². The van der Waals surface area contributed by atoms with Gasteiger partial charge in [-0.3, -0.25) is 9.80 Å². The number of hydrogen-bond donors (Lipinski definition) is 0. The van der Waals surface area contributed by atoms with Crippen molar-refractivity contribution < 1.29 is 13.9 Å². The molecule has 6 heteroatoms. The summed E-state index contributed by atoms with van der Waals surface area (Å²) in [6.45, 7) is 7.63. The number of para-hydroxylation sites is 1. The van der Waals surface area contributed by atoms with E-state index in [1.807, 2.05) is 12.1 Å². The average Bonchev–Trinajstić information content (AvgIpc) is 2.88. The Bertz CT molecular complexity index is 850. The predicted molar refractivity (Wildman–Crippen MR) is 130 cm³/mol. The van der Waals surface area contributed by atoms with Crippen molar-refractivity contribution in [2.24, 2.45) is 0 Å². The van der Waals surface area contributed by atoms with Gasteiger partial charge < -0.3 is 9.64 Å². The molecule has 2 saturated heterocycles. The first-order valence-corrected chi connectivity index (χ1v) is 12.3. The lowest BCUT2D eigenvalue weighted by Gasteiger charge is -2.42. The number of carbonyl (C=O) groups is 1. The van der Waals surface area contributed by atoms with Crippen LogP contribution in [0.25, 0.3) is 0 Å². The lowest BCUT2D eigenvalue weighted by Crippen LogP contribution is -2.57. The van der Waals surface area contributed by atoms with Crippen LogP contribution in [-0.2, 0) is 9.53 Å². The molecule has 0 amide bonds. The van der Waals surface area contributed by atoms with Gasteiger partial charge in [-0.25, -0.2) is 9.18 Å². The number of ether oxygens (including phenoxy) is 1. The highest BCUT2D eigenvalue weighted by atomic mass is 19.1. The van der Waals surface area contributed by atoms with Gasteiger partial charge in [0.25, 0.3) is 0 Å². The Hall–Kier alpha value is -2.44. The van der Waals surface area contributed by atoms with Crippen LogP contribution in [0.3, 0.4) is 0 Å². The van der Waals surface area contributed by atoms with E-state index in [0.29, 0.717) is 12.5 Å². The van der Waals surface area contributed by atoms with Crippen molar-refractivity contribution in [1.29, 1.82) is 0 Å². The van der Waals surface area contributed by atoms with Crippen LogP contribution in [-0.4, -0.2) is 80.4 Å². The normalized spacial score (nSPS) is 20.4. The molecule has 178 valence electrons. The zero-order chi connectivity index (χ0) is 23.0. The van der Waals surface area contributed by atoms with Gasteiger partial charge in [-0.1, -0.05) is 48.5 Å². The summed E-state index contributed by atoms with van der Waals surface area (Å²) < 4.78 is 20.5. The maximum atomic E-state index is 15.4. The van der Waals surface area contributed by atoms with Crippen molar-refractivity contribution in [3.8, 4) is 0 Å². The summed E-state index contributed by atoms with van der Waals surface area (Å²) in [4.78, 5) is 19.2. The molecule has 0 aromatic heterocycles. The number of halogens is 1. The van der Waals surface area contributed by atoms with E-state index >= 15 is 4.39 Å².